The van der Waals surface area contributed by atoms with Crippen LogP contribution in [0.15, 0.2) is 60.7 Å². The van der Waals surface area contributed by atoms with E-state index < -0.39 is 4.92 Å². The maximum Gasteiger partial charge on any atom is 0.269 e. The van der Waals surface area contributed by atoms with Gasteiger partial charge in [-0.2, -0.15) is 0 Å². The van der Waals surface area contributed by atoms with Crippen molar-refractivity contribution >= 4 is 17.4 Å². The third kappa shape index (κ3) is 4.69. The number of aryl methyl sites for hydroxylation is 1. The maximum absolute atomic E-state index is 12.6. The van der Waals surface area contributed by atoms with Gasteiger partial charge in [-0.3, -0.25) is 14.9 Å². The Morgan fingerprint density at radius 1 is 0.968 bits per heavy atom. The monoisotopic (exact) mass is 417 g/mol. The highest BCUT2D eigenvalue weighted by atomic mass is 16.6. The average Bonchev–Trinajstić information content (AvgIpc) is 2.80. The molecule has 1 aromatic heterocycles. The number of benzene rings is 2. The van der Waals surface area contributed by atoms with Gasteiger partial charge in [0.1, 0.15) is 0 Å². The van der Waals surface area contributed by atoms with Gasteiger partial charge in [0.15, 0.2) is 5.82 Å². The predicted molar refractivity (Wildman–Crippen MR) is 118 cm³/mol. The molecule has 0 unspecified atom stereocenters. The Balaban J connectivity index is 1.33. The fourth-order valence-corrected chi connectivity index (χ4v) is 3.70. The first kappa shape index (κ1) is 20.5. The molecule has 0 saturated carbocycles. The van der Waals surface area contributed by atoms with Gasteiger partial charge in [0.25, 0.3) is 5.69 Å². The van der Waals surface area contributed by atoms with Crippen molar-refractivity contribution in [3.05, 3.63) is 81.9 Å². The molecule has 0 radical (unpaired) electrons. The quantitative estimate of drug-likeness (QED) is 0.467. The Morgan fingerprint density at radius 2 is 1.68 bits per heavy atom. The van der Waals surface area contributed by atoms with Gasteiger partial charge in [0, 0.05) is 43.9 Å². The molecule has 4 rings (SSSR count). The van der Waals surface area contributed by atoms with Gasteiger partial charge >= 0.3 is 0 Å². The van der Waals surface area contributed by atoms with Crippen molar-refractivity contribution in [2.24, 2.45) is 0 Å². The smallest absolute Gasteiger partial charge is 0.269 e. The van der Waals surface area contributed by atoms with Gasteiger partial charge in [-0.15, -0.1) is 10.2 Å². The fourth-order valence-electron chi connectivity index (χ4n) is 3.70. The zero-order valence-corrected chi connectivity index (χ0v) is 17.3. The summed E-state index contributed by atoms with van der Waals surface area (Å²) in [6.45, 7) is 4.63. The van der Waals surface area contributed by atoms with Crippen molar-refractivity contribution in [2.75, 3.05) is 31.1 Å². The summed E-state index contributed by atoms with van der Waals surface area (Å²) in [6, 6.07) is 18.2. The number of nitro benzene ring substituents is 1. The van der Waals surface area contributed by atoms with Gasteiger partial charge in [0.05, 0.1) is 17.0 Å². The zero-order valence-electron chi connectivity index (χ0n) is 17.3. The molecular weight excluding hydrogens is 394 g/mol. The Hall–Kier alpha value is -3.81. The molecule has 31 heavy (non-hydrogen) atoms. The van der Waals surface area contributed by atoms with Gasteiger partial charge in [-0.05, 0) is 30.2 Å². The fraction of sp³-hybridized carbons (Fsp3) is 0.261. The van der Waals surface area contributed by atoms with Crippen LogP contribution in [0.3, 0.4) is 0 Å². The van der Waals surface area contributed by atoms with Crippen LogP contribution in [0.5, 0.6) is 0 Å². The summed E-state index contributed by atoms with van der Waals surface area (Å²) >= 11 is 0. The number of amides is 1. The van der Waals surface area contributed by atoms with E-state index in [-0.39, 0.29) is 18.0 Å². The third-order valence-corrected chi connectivity index (χ3v) is 5.53. The van der Waals surface area contributed by atoms with Gasteiger partial charge in [0.2, 0.25) is 5.91 Å². The summed E-state index contributed by atoms with van der Waals surface area (Å²) in [5, 5.41) is 19.5. The van der Waals surface area contributed by atoms with E-state index in [2.05, 4.69) is 28.1 Å². The molecule has 1 saturated heterocycles. The Kier molecular flexibility index (Phi) is 5.88. The summed E-state index contributed by atoms with van der Waals surface area (Å²) < 4.78 is 0. The van der Waals surface area contributed by atoms with Crippen LogP contribution < -0.4 is 4.90 Å². The molecule has 8 nitrogen and oxygen atoms in total. The first-order valence-electron chi connectivity index (χ1n) is 10.2. The van der Waals surface area contributed by atoms with E-state index >= 15 is 0 Å². The predicted octanol–water partition coefficient (Wildman–Crippen LogP) is 3.25. The minimum atomic E-state index is -0.443. The second kappa shape index (κ2) is 8.91. The van der Waals surface area contributed by atoms with Gasteiger partial charge < -0.3 is 9.80 Å². The lowest BCUT2D eigenvalue weighted by Gasteiger charge is -2.35. The molecular formula is C23H23N5O3. The van der Waals surface area contributed by atoms with Gasteiger partial charge in [-0.25, -0.2) is 0 Å². The van der Waals surface area contributed by atoms with Crippen LogP contribution in [-0.4, -0.2) is 52.1 Å². The van der Waals surface area contributed by atoms with Crippen molar-refractivity contribution < 1.29 is 9.72 Å². The van der Waals surface area contributed by atoms with Crippen LogP contribution in [0.25, 0.3) is 11.3 Å². The molecule has 1 fully saturated rings. The molecule has 1 aliphatic heterocycles. The van der Waals surface area contributed by atoms with Crippen LogP contribution in [0.1, 0.15) is 11.1 Å². The van der Waals surface area contributed by atoms with Crippen LogP contribution in [0.2, 0.25) is 0 Å². The summed E-state index contributed by atoms with van der Waals surface area (Å²) in [4.78, 5) is 26.9. The molecule has 158 valence electrons. The Morgan fingerprint density at radius 3 is 2.29 bits per heavy atom. The lowest BCUT2D eigenvalue weighted by atomic mass is 10.1. The second-order valence-corrected chi connectivity index (χ2v) is 7.56. The highest BCUT2D eigenvalue weighted by Crippen LogP contribution is 2.22. The Bertz CT molecular complexity index is 1080. The molecule has 8 heteroatoms. The van der Waals surface area contributed by atoms with Crippen LogP contribution in [-0.2, 0) is 11.2 Å². The van der Waals surface area contributed by atoms with E-state index in [9.17, 15) is 14.9 Å². The summed E-state index contributed by atoms with van der Waals surface area (Å²) in [5.41, 5.74) is 3.88. The molecule has 0 bridgehead atoms. The second-order valence-electron chi connectivity index (χ2n) is 7.56. The van der Waals surface area contributed by atoms with E-state index in [4.69, 9.17) is 0 Å². The van der Waals surface area contributed by atoms with Crippen molar-refractivity contribution in [2.45, 2.75) is 13.3 Å². The summed E-state index contributed by atoms with van der Waals surface area (Å²) in [6.07, 6.45) is 0.239. The van der Waals surface area contributed by atoms with Crippen molar-refractivity contribution in [3.63, 3.8) is 0 Å². The highest BCUT2D eigenvalue weighted by Gasteiger charge is 2.22. The standard InChI is InChI=1S/C23H23N5O3/c1-17-4-2-3-5-20(17)21-10-11-22(25-24-21)26-12-14-27(15-13-26)23(29)16-18-6-8-19(9-7-18)28(30)31/h2-11H,12-16H2,1H3. The molecule has 2 heterocycles. The number of non-ortho nitro benzene ring substituents is 1. The lowest BCUT2D eigenvalue weighted by molar-refractivity contribution is -0.384. The van der Waals surface area contributed by atoms with Crippen LogP contribution in [0, 0.1) is 17.0 Å². The molecule has 0 atom stereocenters. The lowest BCUT2D eigenvalue weighted by Crippen LogP contribution is -2.49. The largest absolute Gasteiger partial charge is 0.352 e. The number of aromatic nitrogens is 2. The number of carbonyl (C=O) groups is 1. The minimum absolute atomic E-state index is 0.0227. The van der Waals surface area contributed by atoms with E-state index in [0.29, 0.717) is 26.2 Å². The molecule has 1 aliphatic rings. The third-order valence-electron chi connectivity index (χ3n) is 5.53. The number of hydrogen-bond donors (Lipinski definition) is 0. The van der Waals surface area contributed by atoms with Gasteiger partial charge in [-0.1, -0.05) is 36.4 Å². The number of nitrogens with zero attached hydrogens (tertiary/aromatic N) is 5. The number of carbonyl (C=O) groups excluding carboxylic acids is 1. The van der Waals surface area contributed by atoms with Crippen molar-refractivity contribution in [1.82, 2.24) is 15.1 Å². The van der Waals surface area contributed by atoms with E-state index in [1.54, 1.807) is 12.1 Å². The van der Waals surface area contributed by atoms with Crippen LogP contribution in [0.4, 0.5) is 11.5 Å². The summed E-state index contributed by atoms with van der Waals surface area (Å²) in [7, 11) is 0. The van der Waals surface area contributed by atoms with Crippen LogP contribution >= 0.6 is 0 Å². The number of hydrogen-bond acceptors (Lipinski definition) is 6. The molecule has 2 aromatic carbocycles. The number of piperazine rings is 1. The minimum Gasteiger partial charge on any atom is -0.352 e. The normalized spacial score (nSPS) is 13.8. The first-order chi connectivity index (χ1) is 15.0. The van der Waals surface area contributed by atoms with Crippen molar-refractivity contribution in [1.29, 1.82) is 0 Å². The number of rotatable bonds is 5. The summed E-state index contributed by atoms with van der Waals surface area (Å²) in [5.74, 6) is 0.828. The molecule has 0 aliphatic carbocycles. The zero-order chi connectivity index (χ0) is 21.8. The maximum atomic E-state index is 12.6. The van der Waals surface area contributed by atoms with Crippen molar-refractivity contribution in [3.8, 4) is 11.3 Å². The van der Waals surface area contributed by atoms with E-state index in [1.807, 2.05) is 35.2 Å². The average molecular weight is 417 g/mol. The first-order valence-corrected chi connectivity index (χ1v) is 10.2. The highest BCUT2D eigenvalue weighted by molar-refractivity contribution is 5.79. The van der Waals surface area contributed by atoms with E-state index in [1.165, 1.54) is 12.1 Å². The van der Waals surface area contributed by atoms with E-state index in [0.717, 1.165) is 28.2 Å². The molecule has 0 N–H and O–H groups in total. The Labute approximate surface area is 180 Å². The number of anilines is 1. The molecule has 3 aromatic rings. The topological polar surface area (TPSA) is 92.5 Å². The number of nitro groups is 1. The molecule has 1 amide bonds. The molecule has 0 spiro atoms. The SMILES string of the molecule is Cc1ccccc1-c1ccc(N2CCN(C(=O)Cc3ccc([N+](=O)[O-])cc3)CC2)nn1.